The van der Waals surface area contributed by atoms with Crippen LogP contribution in [0.3, 0.4) is 0 Å². The summed E-state index contributed by atoms with van der Waals surface area (Å²) in [6, 6.07) is 9.25. The molecule has 1 heterocycles. The molecule has 22 heavy (non-hydrogen) atoms. The Bertz CT molecular complexity index is 648. The lowest BCUT2D eigenvalue weighted by atomic mass is 9.86. The van der Waals surface area contributed by atoms with Gasteiger partial charge < -0.3 is 15.4 Å². The smallest absolute Gasteiger partial charge is 0.0543 e. The molecular weight excluding hydrogens is 272 g/mol. The molecule has 2 aromatic rings. The van der Waals surface area contributed by atoms with Crippen molar-refractivity contribution in [3.8, 4) is 0 Å². The highest BCUT2D eigenvalue weighted by Crippen LogP contribution is 2.29. The molecule has 0 spiro atoms. The van der Waals surface area contributed by atoms with Crippen molar-refractivity contribution in [2.24, 2.45) is 5.92 Å². The number of H-pyrrole nitrogens is 1. The summed E-state index contributed by atoms with van der Waals surface area (Å²) >= 11 is 0. The number of aliphatic hydroxyl groups excluding tert-OH is 1. The summed E-state index contributed by atoms with van der Waals surface area (Å²) in [5, 5.41) is 15.0. The van der Waals surface area contributed by atoms with Crippen molar-refractivity contribution >= 4 is 10.9 Å². The van der Waals surface area contributed by atoms with E-state index in [-0.39, 0.29) is 6.10 Å². The Balaban J connectivity index is 1.41. The van der Waals surface area contributed by atoms with Crippen LogP contribution in [0.4, 0.5) is 0 Å². The third kappa shape index (κ3) is 2.80. The molecule has 2 aliphatic carbocycles. The van der Waals surface area contributed by atoms with Gasteiger partial charge in [-0.2, -0.15) is 0 Å². The van der Waals surface area contributed by atoms with Crippen LogP contribution in [0, 0.1) is 5.92 Å². The van der Waals surface area contributed by atoms with Gasteiger partial charge in [0.15, 0.2) is 0 Å². The maximum Gasteiger partial charge on any atom is 0.0543 e. The zero-order valence-corrected chi connectivity index (χ0v) is 13.1. The maximum atomic E-state index is 9.81. The second-order valence-electron chi connectivity index (χ2n) is 7.16. The van der Waals surface area contributed by atoms with E-state index in [4.69, 9.17) is 0 Å². The van der Waals surface area contributed by atoms with Crippen molar-refractivity contribution in [2.45, 2.75) is 57.1 Å². The summed E-state index contributed by atoms with van der Waals surface area (Å²) in [5.74, 6) is 0.660. The van der Waals surface area contributed by atoms with Gasteiger partial charge in [-0.05, 0) is 62.6 Å². The Hall–Kier alpha value is -1.32. The van der Waals surface area contributed by atoms with Crippen molar-refractivity contribution in [3.63, 3.8) is 0 Å². The number of nitrogens with one attached hydrogen (secondary N) is 2. The molecule has 0 bridgehead atoms. The van der Waals surface area contributed by atoms with Crippen molar-refractivity contribution < 1.29 is 5.11 Å². The van der Waals surface area contributed by atoms with E-state index in [9.17, 15) is 5.11 Å². The van der Waals surface area contributed by atoms with Gasteiger partial charge in [0.25, 0.3) is 0 Å². The lowest BCUT2D eigenvalue weighted by Crippen LogP contribution is -2.39. The van der Waals surface area contributed by atoms with Gasteiger partial charge in [-0.1, -0.05) is 24.6 Å². The lowest BCUT2D eigenvalue weighted by molar-refractivity contribution is 0.0994. The summed E-state index contributed by atoms with van der Waals surface area (Å²) in [7, 11) is 0. The number of aryl methyl sites for hydroxylation is 1. The van der Waals surface area contributed by atoms with E-state index in [0.29, 0.717) is 12.0 Å². The van der Waals surface area contributed by atoms with Gasteiger partial charge in [0.05, 0.1) is 6.10 Å². The quantitative estimate of drug-likeness (QED) is 0.815. The van der Waals surface area contributed by atoms with Crippen LogP contribution in [-0.4, -0.2) is 28.8 Å². The summed E-state index contributed by atoms with van der Waals surface area (Å²) in [6.07, 6.45) is 7.88. The average molecular weight is 298 g/mol. The maximum absolute atomic E-state index is 9.81. The molecular formula is C19H26N2O. The first-order valence-electron chi connectivity index (χ1n) is 8.79. The Morgan fingerprint density at radius 3 is 3.00 bits per heavy atom. The predicted octanol–water partition coefficient (Wildman–Crippen LogP) is 3.17. The first kappa shape index (κ1) is 14.3. The van der Waals surface area contributed by atoms with E-state index in [1.807, 2.05) is 0 Å². The van der Waals surface area contributed by atoms with Crippen LogP contribution < -0.4 is 5.32 Å². The molecule has 0 saturated heterocycles. The van der Waals surface area contributed by atoms with Crippen molar-refractivity contribution in [1.29, 1.82) is 0 Å². The van der Waals surface area contributed by atoms with Gasteiger partial charge in [-0.25, -0.2) is 0 Å². The number of aliphatic hydroxyl groups is 1. The number of aromatic nitrogens is 1. The fraction of sp³-hybridized carbons (Fsp3) is 0.579. The fourth-order valence-electron chi connectivity index (χ4n) is 4.32. The molecule has 3 N–H and O–H groups in total. The van der Waals surface area contributed by atoms with Gasteiger partial charge in [0.1, 0.15) is 0 Å². The number of rotatable bonds is 3. The minimum absolute atomic E-state index is 0.0628. The fourth-order valence-corrected chi connectivity index (χ4v) is 4.32. The van der Waals surface area contributed by atoms with Crippen LogP contribution in [0.1, 0.15) is 43.4 Å². The third-order valence-electron chi connectivity index (χ3n) is 5.55. The molecule has 3 nitrogen and oxygen atoms in total. The topological polar surface area (TPSA) is 48.0 Å². The third-order valence-corrected chi connectivity index (χ3v) is 5.55. The van der Waals surface area contributed by atoms with Crippen LogP contribution >= 0.6 is 0 Å². The Morgan fingerprint density at radius 2 is 2.09 bits per heavy atom. The predicted molar refractivity (Wildman–Crippen MR) is 90.1 cm³/mol. The standard InChI is InChI=1S/C19H26N2O/c22-15-5-3-4-13(10-15)12-20-14-8-9-19-17(11-14)16-6-1-2-7-18(16)21-19/h1-2,6-7,13-15,20-22H,3-5,8-12H2. The molecule has 118 valence electrons. The first-order valence-corrected chi connectivity index (χ1v) is 8.79. The molecule has 1 aromatic heterocycles. The molecule has 1 fully saturated rings. The zero-order valence-electron chi connectivity index (χ0n) is 13.1. The molecule has 3 heteroatoms. The van der Waals surface area contributed by atoms with Crippen LogP contribution in [-0.2, 0) is 12.8 Å². The Labute approximate surface area is 132 Å². The highest BCUT2D eigenvalue weighted by atomic mass is 16.3. The average Bonchev–Trinajstić information content (AvgIpc) is 2.91. The Morgan fingerprint density at radius 1 is 1.18 bits per heavy atom. The van der Waals surface area contributed by atoms with Crippen molar-refractivity contribution in [3.05, 3.63) is 35.5 Å². The molecule has 0 amide bonds. The summed E-state index contributed by atoms with van der Waals surface area (Å²) in [6.45, 7) is 1.07. The molecule has 3 atom stereocenters. The van der Waals surface area contributed by atoms with Crippen LogP contribution in [0.25, 0.3) is 10.9 Å². The van der Waals surface area contributed by atoms with Crippen LogP contribution in [0.15, 0.2) is 24.3 Å². The number of fused-ring (bicyclic) bond motifs is 3. The van der Waals surface area contributed by atoms with Crippen molar-refractivity contribution in [1.82, 2.24) is 10.3 Å². The first-order chi connectivity index (χ1) is 10.8. The van der Waals surface area contributed by atoms with Crippen LogP contribution in [0.5, 0.6) is 0 Å². The molecule has 1 aromatic carbocycles. The second kappa shape index (κ2) is 6.05. The minimum Gasteiger partial charge on any atom is -0.393 e. The number of hydrogen-bond acceptors (Lipinski definition) is 2. The zero-order chi connectivity index (χ0) is 14.9. The SMILES string of the molecule is OC1CCCC(CNC2CCc3[nH]c4ccccc4c3C2)C1. The molecule has 2 aliphatic rings. The number of para-hydroxylation sites is 1. The largest absolute Gasteiger partial charge is 0.393 e. The molecule has 0 aliphatic heterocycles. The van der Waals surface area contributed by atoms with E-state index in [1.165, 1.54) is 41.4 Å². The summed E-state index contributed by atoms with van der Waals surface area (Å²) in [5.41, 5.74) is 4.24. The van der Waals surface area contributed by atoms with E-state index in [1.54, 1.807) is 0 Å². The van der Waals surface area contributed by atoms with Gasteiger partial charge in [-0.3, -0.25) is 0 Å². The van der Waals surface area contributed by atoms with E-state index < -0.39 is 0 Å². The van der Waals surface area contributed by atoms with Gasteiger partial charge in [0, 0.05) is 22.6 Å². The molecule has 3 unspecified atom stereocenters. The highest BCUT2D eigenvalue weighted by Gasteiger charge is 2.24. The summed E-state index contributed by atoms with van der Waals surface area (Å²) < 4.78 is 0. The number of benzene rings is 1. The van der Waals surface area contributed by atoms with E-state index in [2.05, 4.69) is 34.6 Å². The molecule has 4 rings (SSSR count). The molecule has 0 radical (unpaired) electrons. The van der Waals surface area contributed by atoms with E-state index >= 15 is 0 Å². The van der Waals surface area contributed by atoms with Crippen LogP contribution in [0.2, 0.25) is 0 Å². The van der Waals surface area contributed by atoms with Crippen molar-refractivity contribution in [2.75, 3.05) is 6.54 Å². The molecule has 1 saturated carbocycles. The monoisotopic (exact) mass is 298 g/mol. The normalized spacial score (nSPS) is 28.7. The minimum atomic E-state index is -0.0628. The highest BCUT2D eigenvalue weighted by molar-refractivity contribution is 5.84. The Kier molecular flexibility index (Phi) is 3.93. The van der Waals surface area contributed by atoms with E-state index in [0.717, 1.165) is 32.2 Å². The second-order valence-corrected chi connectivity index (χ2v) is 7.16. The van der Waals surface area contributed by atoms with Gasteiger partial charge in [-0.15, -0.1) is 0 Å². The lowest BCUT2D eigenvalue weighted by Gasteiger charge is -2.29. The summed E-state index contributed by atoms with van der Waals surface area (Å²) in [4.78, 5) is 3.59. The number of hydrogen-bond donors (Lipinski definition) is 3. The number of aromatic amines is 1. The van der Waals surface area contributed by atoms with Gasteiger partial charge >= 0.3 is 0 Å². The van der Waals surface area contributed by atoms with Gasteiger partial charge in [0.2, 0.25) is 0 Å².